The van der Waals surface area contributed by atoms with E-state index in [1.165, 1.54) is 16.2 Å². The van der Waals surface area contributed by atoms with Crippen LogP contribution in [0.4, 0.5) is 0 Å². The number of carbonyl (C=O) groups is 1. The van der Waals surface area contributed by atoms with E-state index >= 15 is 0 Å². The van der Waals surface area contributed by atoms with Crippen molar-refractivity contribution in [2.45, 2.75) is 13.0 Å². The van der Waals surface area contributed by atoms with Gasteiger partial charge < -0.3 is 10.1 Å². The van der Waals surface area contributed by atoms with Crippen LogP contribution in [-0.4, -0.2) is 43.7 Å². The zero-order chi connectivity index (χ0) is 15.4. The van der Waals surface area contributed by atoms with Crippen LogP contribution in [0.5, 0.6) is 0 Å². The predicted octanol–water partition coefficient (Wildman–Crippen LogP) is 2.92. The molecule has 22 heavy (non-hydrogen) atoms. The van der Waals surface area contributed by atoms with Gasteiger partial charge in [0.1, 0.15) is 0 Å². The Bertz CT molecular complexity index is 603. The summed E-state index contributed by atoms with van der Waals surface area (Å²) in [6, 6.07) is 6.43. The summed E-state index contributed by atoms with van der Waals surface area (Å²) >= 11 is 3.25. The molecule has 0 bridgehead atoms. The number of hydrogen-bond donors (Lipinski definition) is 1. The number of thiophene rings is 2. The molecule has 1 aliphatic heterocycles. The number of aryl methyl sites for hydroxylation is 1. The molecule has 1 aliphatic rings. The van der Waals surface area contributed by atoms with Crippen molar-refractivity contribution in [3.8, 4) is 0 Å². The molecule has 1 unspecified atom stereocenters. The van der Waals surface area contributed by atoms with E-state index < -0.39 is 0 Å². The normalized spacial score (nSPS) is 17.3. The SMILES string of the molecule is Cc1ccsc1C(=O)NCC(c1cccs1)N1CCOCC1. The first kappa shape index (κ1) is 15.7. The Morgan fingerprint density at radius 2 is 2.14 bits per heavy atom. The lowest BCUT2D eigenvalue weighted by Gasteiger charge is -2.34. The van der Waals surface area contributed by atoms with E-state index in [1.807, 2.05) is 18.4 Å². The summed E-state index contributed by atoms with van der Waals surface area (Å²) in [5.74, 6) is 0.0299. The Hall–Kier alpha value is -1.21. The van der Waals surface area contributed by atoms with Crippen molar-refractivity contribution in [1.82, 2.24) is 10.2 Å². The molecule has 1 saturated heterocycles. The van der Waals surface area contributed by atoms with E-state index in [1.54, 1.807) is 11.3 Å². The van der Waals surface area contributed by atoms with Gasteiger partial charge in [-0.1, -0.05) is 6.07 Å². The fraction of sp³-hybridized carbons (Fsp3) is 0.438. The molecular formula is C16H20N2O2S2. The lowest BCUT2D eigenvalue weighted by molar-refractivity contribution is 0.0169. The molecule has 1 amide bonds. The van der Waals surface area contributed by atoms with E-state index in [2.05, 4.69) is 27.7 Å². The molecule has 1 N–H and O–H groups in total. The quantitative estimate of drug-likeness (QED) is 0.913. The molecule has 0 radical (unpaired) electrons. The monoisotopic (exact) mass is 336 g/mol. The van der Waals surface area contributed by atoms with E-state index in [0.29, 0.717) is 6.54 Å². The summed E-state index contributed by atoms with van der Waals surface area (Å²) in [7, 11) is 0. The molecular weight excluding hydrogens is 316 g/mol. The number of rotatable bonds is 5. The van der Waals surface area contributed by atoms with E-state index in [4.69, 9.17) is 4.74 Å². The van der Waals surface area contributed by atoms with Gasteiger partial charge in [0.25, 0.3) is 5.91 Å². The highest BCUT2D eigenvalue weighted by molar-refractivity contribution is 7.12. The zero-order valence-corrected chi connectivity index (χ0v) is 14.2. The van der Waals surface area contributed by atoms with Crippen molar-refractivity contribution in [2.75, 3.05) is 32.8 Å². The predicted molar refractivity (Wildman–Crippen MR) is 90.8 cm³/mol. The number of nitrogens with zero attached hydrogens (tertiary/aromatic N) is 1. The van der Waals surface area contributed by atoms with Crippen molar-refractivity contribution in [2.24, 2.45) is 0 Å². The number of nitrogens with one attached hydrogen (secondary N) is 1. The molecule has 4 nitrogen and oxygen atoms in total. The van der Waals surface area contributed by atoms with Crippen LogP contribution in [0.1, 0.15) is 26.2 Å². The summed E-state index contributed by atoms with van der Waals surface area (Å²) < 4.78 is 5.44. The minimum atomic E-state index is 0.0299. The molecule has 118 valence electrons. The van der Waals surface area contributed by atoms with Crippen LogP contribution in [0.15, 0.2) is 29.0 Å². The Balaban J connectivity index is 1.68. The van der Waals surface area contributed by atoms with Gasteiger partial charge in [0.2, 0.25) is 0 Å². The summed E-state index contributed by atoms with van der Waals surface area (Å²) in [4.78, 5) is 16.9. The summed E-state index contributed by atoms with van der Waals surface area (Å²) in [6.07, 6.45) is 0. The molecule has 6 heteroatoms. The first-order valence-electron chi connectivity index (χ1n) is 7.43. The third-order valence-electron chi connectivity index (χ3n) is 3.88. The average molecular weight is 336 g/mol. The van der Waals surface area contributed by atoms with Gasteiger partial charge in [0, 0.05) is 24.5 Å². The summed E-state index contributed by atoms with van der Waals surface area (Å²) in [5.41, 5.74) is 1.04. The van der Waals surface area contributed by atoms with Crippen LogP contribution in [0.3, 0.4) is 0 Å². The Morgan fingerprint density at radius 1 is 1.32 bits per heavy atom. The fourth-order valence-electron chi connectivity index (χ4n) is 2.65. The Kier molecular flexibility index (Phi) is 5.25. The van der Waals surface area contributed by atoms with E-state index in [0.717, 1.165) is 36.7 Å². The molecule has 0 aliphatic carbocycles. The molecule has 3 rings (SSSR count). The lowest BCUT2D eigenvalue weighted by atomic mass is 10.2. The molecule has 1 atom stereocenters. The molecule has 2 aromatic rings. The number of ether oxygens (including phenoxy) is 1. The highest BCUT2D eigenvalue weighted by atomic mass is 32.1. The minimum Gasteiger partial charge on any atom is -0.379 e. The van der Waals surface area contributed by atoms with Crippen molar-refractivity contribution in [3.63, 3.8) is 0 Å². The summed E-state index contributed by atoms with van der Waals surface area (Å²) in [6.45, 7) is 5.97. The number of morpholine rings is 1. The van der Waals surface area contributed by atoms with Crippen LogP contribution in [0, 0.1) is 6.92 Å². The number of carbonyl (C=O) groups excluding carboxylic acids is 1. The van der Waals surface area contributed by atoms with Crippen LogP contribution >= 0.6 is 22.7 Å². The lowest BCUT2D eigenvalue weighted by Crippen LogP contribution is -2.43. The first-order valence-corrected chi connectivity index (χ1v) is 9.19. The van der Waals surface area contributed by atoms with Gasteiger partial charge in [-0.15, -0.1) is 22.7 Å². The highest BCUT2D eigenvalue weighted by Gasteiger charge is 2.24. The van der Waals surface area contributed by atoms with Crippen LogP contribution in [0.25, 0.3) is 0 Å². The van der Waals surface area contributed by atoms with E-state index in [-0.39, 0.29) is 11.9 Å². The first-order chi connectivity index (χ1) is 10.8. The molecule has 0 aromatic carbocycles. The van der Waals surface area contributed by atoms with E-state index in [9.17, 15) is 4.79 Å². The van der Waals surface area contributed by atoms with Crippen molar-refractivity contribution < 1.29 is 9.53 Å². The van der Waals surface area contributed by atoms with Crippen LogP contribution in [0.2, 0.25) is 0 Å². The molecule has 0 saturated carbocycles. The second-order valence-electron chi connectivity index (χ2n) is 5.32. The molecule has 2 aromatic heterocycles. The second kappa shape index (κ2) is 7.37. The van der Waals surface area contributed by atoms with Gasteiger partial charge in [-0.25, -0.2) is 0 Å². The maximum absolute atomic E-state index is 12.3. The Morgan fingerprint density at radius 3 is 2.77 bits per heavy atom. The fourth-order valence-corrected chi connectivity index (χ4v) is 4.36. The van der Waals surface area contributed by atoms with Gasteiger partial charge in [-0.3, -0.25) is 9.69 Å². The average Bonchev–Trinajstić information content (AvgIpc) is 3.20. The van der Waals surface area contributed by atoms with Crippen molar-refractivity contribution in [1.29, 1.82) is 0 Å². The molecule has 0 spiro atoms. The maximum atomic E-state index is 12.3. The second-order valence-corrected chi connectivity index (χ2v) is 7.22. The molecule has 3 heterocycles. The topological polar surface area (TPSA) is 41.6 Å². The van der Waals surface area contributed by atoms with Crippen molar-refractivity contribution in [3.05, 3.63) is 44.3 Å². The van der Waals surface area contributed by atoms with Crippen molar-refractivity contribution >= 4 is 28.6 Å². The third kappa shape index (κ3) is 3.57. The zero-order valence-electron chi connectivity index (χ0n) is 12.6. The van der Waals surface area contributed by atoms with Gasteiger partial charge in [-0.05, 0) is 35.4 Å². The minimum absolute atomic E-state index is 0.0299. The maximum Gasteiger partial charge on any atom is 0.261 e. The van der Waals surface area contributed by atoms with Gasteiger partial charge in [0.05, 0.1) is 24.1 Å². The summed E-state index contributed by atoms with van der Waals surface area (Å²) in [5, 5.41) is 7.16. The van der Waals surface area contributed by atoms with Gasteiger partial charge >= 0.3 is 0 Å². The number of amides is 1. The number of hydrogen-bond acceptors (Lipinski definition) is 5. The standard InChI is InChI=1S/C16H20N2O2S2/c1-12-4-10-22-15(12)16(19)17-11-13(14-3-2-9-21-14)18-5-7-20-8-6-18/h2-4,9-10,13H,5-8,11H2,1H3,(H,17,19). The highest BCUT2D eigenvalue weighted by Crippen LogP contribution is 2.25. The molecule has 1 fully saturated rings. The Labute approximate surface area is 138 Å². The van der Waals surface area contributed by atoms with Gasteiger partial charge in [0.15, 0.2) is 0 Å². The smallest absolute Gasteiger partial charge is 0.261 e. The van der Waals surface area contributed by atoms with Crippen LogP contribution in [-0.2, 0) is 4.74 Å². The van der Waals surface area contributed by atoms with Gasteiger partial charge in [-0.2, -0.15) is 0 Å². The largest absolute Gasteiger partial charge is 0.379 e. The van der Waals surface area contributed by atoms with Crippen LogP contribution < -0.4 is 5.32 Å². The third-order valence-corrected chi connectivity index (χ3v) is 5.87.